The quantitative estimate of drug-likeness (QED) is 0.0333. The third kappa shape index (κ3) is 7.08. The molecule has 0 amide bonds. The van der Waals surface area contributed by atoms with Gasteiger partial charge in [-0.05, 0) is 24.3 Å². The average molecular weight is 876 g/mol. The summed E-state index contributed by atoms with van der Waals surface area (Å²) in [5.74, 6) is -71.1. The fraction of sp³-hybridized carbons (Fsp3) is 0.0882. The number of benzene rings is 5. The number of halogens is 20. The van der Waals surface area contributed by atoms with Gasteiger partial charge in [-0.1, -0.05) is 0 Å². The first-order valence-electron chi connectivity index (χ1n) is 14.9. The number of carbonyl (C=O) groups is 1. The molecule has 0 aromatic heterocycles. The van der Waals surface area contributed by atoms with Crippen molar-refractivity contribution >= 4 is 44.9 Å². The van der Waals surface area contributed by atoms with Gasteiger partial charge in [0.25, 0.3) is 0 Å². The molecule has 0 atom stereocenters. The second-order valence-electron chi connectivity index (χ2n) is 11.7. The van der Waals surface area contributed by atoms with Crippen LogP contribution in [0, 0.1) is 116 Å². The Hall–Kier alpha value is -5.42. The number of ether oxygens (including phenoxy) is 1. The van der Waals surface area contributed by atoms with Gasteiger partial charge < -0.3 is 4.74 Å². The number of hydrogen-bond donors (Lipinski definition) is 0. The molecule has 0 saturated carbocycles. The second-order valence-corrected chi connectivity index (χ2v) is 13.8. The molecule has 24 heteroatoms. The van der Waals surface area contributed by atoms with Gasteiger partial charge in [0.05, 0.1) is 0 Å². The molecule has 310 valence electrons. The minimum Gasteiger partial charge on any atom is -0.427 e. The van der Waals surface area contributed by atoms with Gasteiger partial charge in [-0.25, -0.2) is 87.8 Å². The zero-order valence-corrected chi connectivity index (χ0v) is 29.0. The van der Waals surface area contributed by atoms with Gasteiger partial charge in [0.2, 0.25) is 0 Å². The molecule has 0 saturated heterocycles. The van der Waals surface area contributed by atoms with Crippen LogP contribution in [-0.4, -0.2) is 24.6 Å². The summed E-state index contributed by atoms with van der Waals surface area (Å²) in [5.41, 5.74) is -14.3. The summed E-state index contributed by atoms with van der Waals surface area (Å²) in [7, 11) is 0.260. The molecule has 0 aliphatic heterocycles. The van der Waals surface area contributed by atoms with Gasteiger partial charge in [-0.3, -0.25) is 4.79 Å². The smallest absolute Gasteiger partial charge is 0.308 e. The predicted octanol–water partition coefficient (Wildman–Crippen LogP) is 7.69. The molecule has 0 N–H and O–H groups in total. The molecule has 5 aromatic rings. The van der Waals surface area contributed by atoms with E-state index in [1.807, 2.05) is 24.3 Å². The van der Waals surface area contributed by atoms with E-state index in [2.05, 4.69) is 12.5 Å². The first-order valence-corrected chi connectivity index (χ1v) is 16.9. The van der Waals surface area contributed by atoms with Gasteiger partial charge in [-0.2, -0.15) is 0 Å². The van der Waals surface area contributed by atoms with E-state index in [1.54, 1.807) is 0 Å². The maximum absolute atomic E-state index is 15.4. The van der Waals surface area contributed by atoms with Gasteiger partial charge in [-0.15, -0.1) is 21.9 Å². The van der Waals surface area contributed by atoms with Gasteiger partial charge in [0.15, 0.2) is 74.7 Å². The predicted molar refractivity (Wildman–Crippen MR) is 164 cm³/mol. The summed E-state index contributed by atoms with van der Waals surface area (Å²) < 4.78 is 299. The lowest BCUT2D eigenvalue weighted by Gasteiger charge is -2.44. The molecule has 5 aromatic carbocycles. The SMILES string of the molecule is CC(=O)Oc1ccc([S+](C)C)cc1.Fc1c(F)c(F)c([B-](c2c(F)c(F)c(F)c(F)c2F)(c2c(F)c(F)c(F)c(F)c2F)c2c(F)c(F)c(F)c(F)c2F)c(F)c1F. The van der Waals surface area contributed by atoms with E-state index in [4.69, 9.17) is 4.74 Å². The molecule has 0 fully saturated rings. The molecular formula is C34H13BF20O2S. The van der Waals surface area contributed by atoms with Crippen molar-refractivity contribution in [1.29, 1.82) is 0 Å². The maximum Gasteiger partial charge on any atom is 0.308 e. The van der Waals surface area contributed by atoms with Crippen molar-refractivity contribution in [2.45, 2.75) is 11.8 Å². The largest absolute Gasteiger partial charge is 0.427 e. The van der Waals surface area contributed by atoms with E-state index in [1.165, 1.54) is 11.8 Å². The number of esters is 1. The Morgan fingerprint density at radius 3 is 0.741 bits per heavy atom. The van der Waals surface area contributed by atoms with E-state index in [0.717, 1.165) is 0 Å². The van der Waals surface area contributed by atoms with Gasteiger partial charge in [0.1, 0.15) is 70.9 Å². The van der Waals surface area contributed by atoms with Crippen molar-refractivity contribution in [2.24, 2.45) is 0 Å². The van der Waals surface area contributed by atoms with Gasteiger partial charge >= 0.3 is 5.97 Å². The van der Waals surface area contributed by atoms with Crippen LogP contribution in [0.3, 0.4) is 0 Å². The molecule has 0 radical (unpaired) electrons. The van der Waals surface area contributed by atoms with Gasteiger partial charge in [0, 0.05) is 17.8 Å². The Balaban J connectivity index is 0.000000486. The third-order valence-electron chi connectivity index (χ3n) is 8.26. The van der Waals surface area contributed by atoms with Crippen LogP contribution in [0.4, 0.5) is 87.8 Å². The molecule has 0 aliphatic rings. The lowest BCUT2D eigenvalue weighted by molar-refractivity contribution is -0.131. The second kappa shape index (κ2) is 16.4. The fourth-order valence-corrected chi connectivity index (χ4v) is 6.50. The van der Waals surface area contributed by atoms with Crippen molar-refractivity contribution < 1.29 is 97.3 Å². The first-order chi connectivity index (χ1) is 26.8. The summed E-state index contributed by atoms with van der Waals surface area (Å²) in [6, 6.07) is 7.62. The van der Waals surface area contributed by atoms with Crippen molar-refractivity contribution in [3.8, 4) is 5.75 Å². The molecule has 0 unspecified atom stereocenters. The van der Waals surface area contributed by atoms with E-state index < -0.39 is 144 Å². The molecule has 5 rings (SSSR count). The topological polar surface area (TPSA) is 26.3 Å². The minimum absolute atomic E-state index is 0.260. The van der Waals surface area contributed by atoms with Crippen molar-refractivity contribution in [1.82, 2.24) is 0 Å². The first kappa shape index (κ1) is 45.3. The number of carbonyl (C=O) groups excluding carboxylic acids is 1. The van der Waals surface area contributed by atoms with Crippen molar-refractivity contribution in [3.05, 3.63) is 141 Å². The Bertz CT molecular complexity index is 2110. The highest BCUT2D eigenvalue weighted by Gasteiger charge is 2.52. The van der Waals surface area contributed by atoms with E-state index in [9.17, 15) is 57.5 Å². The van der Waals surface area contributed by atoms with Crippen LogP contribution in [-0.2, 0) is 15.7 Å². The van der Waals surface area contributed by atoms with Crippen LogP contribution < -0.4 is 26.6 Å². The highest BCUT2D eigenvalue weighted by atomic mass is 32.2. The number of rotatable bonds is 6. The lowest BCUT2D eigenvalue weighted by atomic mass is 9.12. The summed E-state index contributed by atoms with van der Waals surface area (Å²) >= 11 is 0. The Kier molecular flexibility index (Phi) is 12.8. The van der Waals surface area contributed by atoms with Crippen LogP contribution in [0.2, 0.25) is 0 Å². The monoisotopic (exact) mass is 876 g/mol. The molecule has 2 nitrogen and oxygen atoms in total. The average Bonchev–Trinajstić information content (AvgIpc) is 3.18. The third-order valence-corrected chi connectivity index (χ3v) is 9.48. The normalized spacial score (nSPS) is 11.6. The minimum atomic E-state index is -7.22. The molecule has 0 aliphatic carbocycles. The number of hydrogen-bond acceptors (Lipinski definition) is 2. The van der Waals surface area contributed by atoms with Crippen LogP contribution in [0.1, 0.15) is 6.92 Å². The molecule has 0 bridgehead atoms. The zero-order valence-electron chi connectivity index (χ0n) is 28.2. The summed E-state index contributed by atoms with van der Waals surface area (Å²) in [5, 5.41) is 0. The standard InChI is InChI=1S/C24BF20.C10H13O2S/c26-5-1(6(27)14(35)21(42)13(5)34)25(2-7(28)15(36)22(43)16(37)8(2)29,3-9(30)17(38)23(44)18(39)10(3)31)4-11(32)19(40)24(45)20(41)12(4)33;1-8(11)12-9-4-6-10(7-5-9)13(2)3/h;4-7H,1-3H3/q-1;+1. The molecule has 58 heavy (non-hydrogen) atoms. The Labute approximate surface area is 312 Å². The highest BCUT2D eigenvalue weighted by Crippen LogP contribution is 2.31. The lowest BCUT2D eigenvalue weighted by Crippen LogP contribution is -2.81. The van der Waals surface area contributed by atoms with Crippen molar-refractivity contribution in [3.63, 3.8) is 0 Å². The van der Waals surface area contributed by atoms with E-state index in [0.29, 0.717) is 5.75 Å². The Morgan fingerprint density at radius 1 is 0.379 bits per heavy atom. The maximum atomic E-state index is 15.4. The Morgan fingerprint density at radius 2 is 0.569 bits per heavy atom. The van der Waals surface area contributed by atoms with Crippen molar-refractivity contribution in [2.75, 3.05) is 12.5 Å². The molecular weight excluding hydrogens is 863 g/mol. The molecule has 0 spiro atoms. The zero-order chi connectivity index (χ0) is 44.2. The summed E-state index contributed by atoms with van der Waals surface area (Å²) in [6.07, 6.45) is -2.91. The van der Waals surface area contributed by atoms with Crippen LogP contribution >= 0.6 is 0 Å². The summed E-state index contributed by atoms with van der Waals surface area (Å²) in [6.45, 7) is 1.40. The molecule has 0 heterocycles. The van der Waals surface area contributed by atoms with Crippen LogP contribution in [0.15, 0.2) is 29.2 Å². The highest BCUT2D eigenvalue weighted by molar-refractivity contribution is 7.95. The fourth-order valence-electron chi connectivity index (χ4n) is 5.82. The van der Waals surface area contributed by atoms with E-state index >= 15 is 35.1 Å². The summed E-state index contributed by atoms with van der Waals surface area (Å²) in [4.78, 5) is 11.9. The van der Waals surface area contributed by atoms with Crippen LogP contribution in [0.5, 0.6) is 5.75 Å². The van der Waals surface area contributed by atoms with Crippen LogP contribution in [0.25, 0.3) is 0 Å². The van der Waals surface area contributed by atoms with E-state index in [-0.39, 0.29) is 16.9 Å².